The van der Waals surface area contributed by atoms with Gasteiger partial charge in [0.15, 0.2) is 6.29 Å². The summed E-state index contributed by atoms with van der Waals surface area (Å²) >= 11 is 0. The van der Waals surface area contributed by atoms with Gasteiger partial charge >= 0.3 is 0 Å². The zero-order valence-electron chi connectivity index (χ0n) is 18.9. The lowest BCUT2D eigenvalue weighted by atomic mass is 9.55. The molecule has 0 heterocycles. The molecule has 0 aromatic heterocycles. The summed E-state index contributed by atoms with van der Waals surface area (Å²) < 4.78 is 12.0. The SMILES string of the molecule is CC(OCC[Si](C)(C)C)Oc1ccc2c(c1)CC[C@@H]1[C@@H]2CC[C@]2(C)C(=O)CC[C@@H]12. The van der Waals surface area contributed by atoms with Crippen molar-refractivity contribution in [3.63, 3.8) is 0 Å². The molecule has 3 aliphatic carbocycles. The molecule has 2 fully saturated rings. The second kappa shape index (κ2) is 7.85. The molecule has 3 aliphatic rings. The molecule has 0 saturated heterocycles. The van der Waals surface area contributed by atoms with Crippen molar-refractivity contribution >= 4 is 13.9 Å². The second-order valence-corrected chi connectivity index (χ2v) is 16.7. The van der Waals surface area contributed by atoms with Gasteiger partial charge in [-0.1, -0.05) is 32.6 Å². The standard InChI is InChI=1S/C25H38O3Si/c1-17(27-14-15-29(3,4)5)28-19-7-9-20-18(16-19)6-8-22-21(20)12-13-25(2)23(22)10-11-24(25)26/h7,9,16-17,21-23H,6,8,10-15H2,1-5H3/t17?,21-,22-,23+,25+/m1/s1. The summed E-state index contributed by atoms with van der Waals surface area (Å²) in [7, 11) is -1.07. The van der Waals surface area contributed by atoms with Crippen molar-refractivity contribution in [1.82, 2.24) is 0 Å². The van der Waals surface area contributed by atoms with E-state index in [-0.39, 0.29) is 11.7 Å². The van der Waals surface area contributed by atoms with Crippen LogP contribution in [0.5, 0.6) is 5.75 Å². The number of hydrogen-bond donors (Lipinski definition) is 0. The van der Waals surface area contributed by atoms with Crippen LogP contribution in [0.4, 0.5) is 0 Å². The van der Waals surface area contributed by atoms with Crippen molar-refractivity contribution in [2.75, 3.05) is 6.61 Å². The van der Waals surface area contributed by atoms with Crippen LogP contribution in [0.15, 0.2) is 18.2 Å². The Labute approximate surface area is 177 Å². The van der Waals surface area contributed by atoms with Crippen molar-refractivity contribution in [2.45, 2.75) is 90.3 Å². The highest BCUT2D eigenvalue weighted by atomic mass is 28.3. The summed E-state index contributed by atoms with van der Waals surface area (Å²) in [4.78, 5) is 12.5. The fourth-order valence-corrected chi connectivity index (χ4v) is 6.89. The summed E-state index contributed by atoms with van der Waals surface area (Å²) in [5.41, 5.74) is 2.93. The van der Waals surface area contributed by atoms with Crippen LogP contribution in [0, 0.1) is 17.3 Å². The topological polar surface area (TPSA) is 35.5 Å². The highest BCUT2D eigenvalue weighted by Gasteiger charge is 2.54. The van der Waals surface area contributed by atoms with Crippen molar-refractivity contribution in [3.05, 3.63) is 29.3 Å². The molecule has 5 atom stereocenters. The van der Waals surface area contributed by atoms with Crippen LogP contribution < -0.4 is 4.74 Å². The predicted octanol–water partition coefficient (Wildman–Crippen LogP) is 6.19. The molecule has 4 heteroatoms. The van der Waals surface area contributed by atoms with Gasteiger partial charge in [-0.3, -0.25) is 4.79 Å². The van der Waals surface area contributed by atoms with Gasteiger partial charge in [-0.05, 0) is 86.1 Å². The first kappa shape index (κ1) is 21.1. The van der Waals surface area contributed by atoms with E-state index < -0.39 is 8.07 Å². The first-order chi connectivity index (χ1) is 13.7. The monoisotopic (exact) mass is 414 g/mol. The molecule has 1 unspecified atom stereocenters. The first-order valence-electron chi connectivity index (χ1n) is 11.6. The Hall–Kier alpha value is -1.13. The molecule has 0 bridgehead atoms. The van der Waals surface area contributed by atoms with Gasteiger partial charge in [0.05, 0.1) is 0 Å². The molecule has 1 aromatic carbocycles. The van der Waals surface area contributed by atoms with Gasteiger partial charge < -0.3 is 9.47 Å². The number of aryl methyl sites for hydroxylation is 1. The maximum absolute atomic E-state index is 12.5. The van der Waals surface area contributed by atoms with E-state index in [9.17, 15) is 4.79 Å². The minimum atomic E-state index is -1.07. The lowest BCUT2D eigenvalue weighted by molar-refractivity contribution is -0.129. The number of carbonyl (C=O) groups excluding carboxylic acids is 1. The van der Waals surface area contributed by atoms with Crippen LogP contribution in [0.3, 0.4) is 0 Å². The van der Waals surface area contributed by atoms with Crippen LogP contribution in [-0.2, 0) is 16.0 Å². The molecule has 0 radical (unpaired) electrons. The zero-order valence-corrected chi connectivity index (χ0v) is 19.9. The lowest BCUT2D eigenvalue weighted by Crippen LogP contribution is -2.42. The normalized spacial score (nSPS) is 32.3. The molecule has 0 aliphatic heterocycles. The summed E-state index contributed by atoms with van der Waals surface area (Å²) in [5.74, 6) is 3.36. The summed E-state index contributed by atoms with van der Waals surface area (Å²) in [5, 5.41) is 0. The third-order valence-corrected chi connectivity index (χ3v) is 9.62. The third-order valence-electron chi connectivity index (χ3n) is 7.91. The highest BCUT2D eigenvalue weighted by molar-refractivity contribution is 6.76. The molecule has 0 amide bonds. The van der Waals surface area contributed by atoms with Crippen LogP contribution in [-0.4, -0.2) is 26.8 Å². The quantitative estimate of drug-likeness (QED) is 0.411. The predicted molar refractivity (Wildman–Crippen MR) is 120 cm³/mol. The average molecular weight is 415 g/mol. The van der Waals surface area contributed by atoms with Gasteiger partial charge in [0, 0.05) is 26.5 Å². The van der Waals surface area contributed by atoms with Gasteiger partial charge in [0.25, 0.3) is 0 Å². The first-order valence-corrected chi connectivity index (χ1v) is 15.3. The Kier molecular flexibility index (Phi) is 5.71. The lowest BCUT2D eigenvalue weighted by Gasteiger charge is -2.48. The van der Waals surface area contributed by atoms with E-state index in [0.29, 0.717) is 23.5 Å². The van der Waals surface area contributed by atoms with Crippen molar-refractivity contribution in [1.29, 1.82) is 0 Å². The average Bonchev–Trinajstić information content (AvgIpc) is 2.95. The van der Waals surface area contributed by atoms with E-state index in [0.717, 1.165) is 50.5 Å². The minimum Gasteiger partial charge on any atom is -0.465 e. The molecule has 0 spiro atoms. The molecule has 1 aromatic rings. The van der Waals surface area contributed by atoms with E-state index in [4.69, 9.17) is 9.47 Å². The molecular weight excluding hydrogens is 376 g/mol. The minimum absolute atomic E-state index is 0.0373. The molecule has 29 heavy (non-hydrogen) atoms. The smallest absolute Gasteiger partial charge is 0.196 e. The fraction of sp³-hybridized carbons (Fsp3) is 0.720. The number of rotatable bonds is 6. The van der Waals surface area contributed by atoms with E-state index >= 15 is 0 Å². The number of hydrogen-bond acceptors (Lipinski definition) is 3. The number of carbonyl (C=O) groups is 1. The number of Topliss-reactive ketones (excluding diaryl/α,β-unsaturated/α-hetero) is 1. The summed E-state index contributed by atoms with van der Waals surface area (Å²) in [6.45, 7) is 12.1. The van der Waals surface area contributed by atoms with Gasteiger partial charge in [0.2, 0.25) is 0 Å². The zero-order chi connectivity index (χ0) is 20.8. The Bertz CT molecular complexity index is 768. The van der Waals surface area contributed by atoms with Crippen LogP contribution in [0.25, 0.3) is 0 Å². The van der Waals surface area contributed by atoms with E-state index in [1.807, 2.05) is 6.92 Å². The largest absolute Gasteiger partial charge is 0.465 e. The Morgan fingerprint density at radius 2 is 1.97 bits per heavy atom. The molecule has 4 rings (SSSR count). The summed E-state index contributed by atoms with van der Waals surface area (Å²) in [6.07, 6.45) is 6.26. The van der Waals surface area contributed by atoms with E-state index in [1.54, 1.807) is 0 Å². The number of fused-ring (bicyclic) bond motifs is 5. The fourth-order valence-electron chi connectivity index (χ4n) is 6.16. The van der Waals surface area contributed by atoms with Crippen molar-refractivity contribution in [2.24, 2.45) is 17.3 Å². The van der Waals surface area contributed by atoms with Gasteiger partial charge in [0.1, 0.15) is 11.5 Å². The van der Waals surface area contributed by atoms with Crippen molar-refractivity contribution < 1.29 is 14.3 Å². The Balaban J connectivity index is 1.42. The van der Waals surface area contributed by atoms with Crippen LogP contribution in [0.1, 0.15) is 63.0 Å². The Morgan fingerprint density at radius 3 is 2.72 bits per heavy atom. The number of ether oxygens (including phenoxy) is 2. The molecule has 0 N–H and O–H groups in total. The Morgan fingerprint density at radius 1 is 1.17 bits per heavy atom. The van der Waals surface area contributed by atoms with Gasteiger partial charge in [-0.2, -0.15) is 0 Å². The molecular formula is C25H38O3Si. The molecule has 160 valence electrons. The molecule has 2 saturated carbocycles. The van der Waals surface area contributed by atoms with Crippen LogP contribution in [0.2, 0.25) is 25.7 Å². The maximum Gasteiger partial charge on any atom is 0.196 e. The highest BCUT2D eigenvalue weighted by Crippen LogP contribution is 2.59. The third kappa shape index (κ3) is 4.20. The van der Waals surface area contributed by atoms with Crippen LogP contribution >= 0.6 is 0 Å². The van der Waals surface area contributed by atoms with Gasteiger partial charge in [-0.15, -0.1) is 0 Å². The van der Waals surface area contributed by atoms with E-state index in [2.05, 4.69) is 44.8 Å². The maximum atomic E-state index is 12.5. The van der Waals surface area contributed by atoms with Gasteiger partial charge in [-0.25, -0.2) is 0 Å². The van der Waals surface area contributed by atoms with Crippen molar-refractivity contribution in [3.8, 4) is 5.75 Å². The number of ketones is 1. The van der Waals surface area contributed by atoms with E-state index in [1.165, 1.54) is 17.5 Å². The number of benzene rings is 1. The molecule has 3 nitrogen and oxygen atoms in total. The second-order valence-electron chi connectivity index (χ2n) is 11.1. The summed E-state index contributed by atoms with van der Waals surface area (Å²) in [6, 6.07) is 7.84.